The van der Waals surface area contributed by atoms with Gasteiger partial charge in [-0.3, -0.25) is 9.59 Å². The molecule has 0 aliphatic heterocycles. The molecule has 2 aromatic carbocycles. The Morgan fingerprint density at radius 2 is 1.88 bits per heavy atom. The Morgan fingerprint density at radius 3 is 2.50 bits per heavy atom. The minimum Gasteiger partial charge on any atom is -0.497 e. The van der Waals surface area contributed by atoms with Crippen molar-refractivity contribution in [2.75, 3.05) is 25.5 Å². The van der Waals surface area contributed by atoms with E-state index in [-0.39, 0.29) is 18.4 Å². The highest BCUT2D eigenvalue weighted by Crippen LogP contribution is 2.16. The Hall–Kier alpha value is -2.89. The van der Waals surface area contributed by atoms with E-state index >= 15 is 0 Å². The average molecular weight is 330 g/mol. The van der Waals surface area contributed by atoms with Crippen molar-refractivity contribution < 1.29 is 18.7 Å². The van der Waals surface area contributed by atoms with E-state index in [2.05, 4.69) is 5.32 Å². The second kappa shape index (κ2) is 8.10. The zero-order valence-electron chi connectivity index (χ0n) is 13.6. The number of nitrogens with zero attached hydrogens (tertiary/aromatic N) is 1. The monoisotopic (exact) mass is 330 g/mol. The van der Waals surface area contributed by atoms with Crippen molar-refractivity contribution in [3.8, 4) is 5.75 Å². The number of ether oxygens (including phenoxy) is 1. The highest BCUT2D eigenvalue weighted by molar-refractivity contribution is 5.99. The number of halogens is 1. The highest BCUT2D eigenvalue weighted by Gasteiger charge is 2.17. The molecule has 2 rings (SSSR count). The summed E-state index contributed by atoms with van der Waals surface area (Å²) in [5.74, 6) is -0.424. The molecule has 0 unspecified atom stereocenters. The molecule has 0 saturated carbocycles. The Kier molecular flexibility index (Phi) is 5.89. The molecule has 0 aliphatic carbocycles. The van der Waals surface area contributed by atoms with E-state index in [1.54, 1.807) is 38.3 Å². The molecule has 0 saturated heterocycles. The predicted octanol–water partition coefficient (Wildman–Crippen LogP) is 2.94. The molecular weight excluding hydrogens is 311 g/mol. The van der Waals surface area contributed by atoms with Crippen LogP contribution in [0.4, 0.5) is 10.1 Å². The SMILES string of the molecule is CCN(CC(=O)Nc1cccc(OC)c1)C(=O)c1ccc(F)cc1. The fraction of sp³-hybridized carbons (Fsp3) is 0.222. The third-order valence-electron chi connectivity index (χ3n) is 3.45. The van der Waals surface area contributed by atoms with Gasteiger partial charge in [0.15, 0.2) is 0 Å². The summed E-state index contributed by atoms with van der Waals surface area (Å²) in [6.07, 6.45) is 0. The van der Waals surface area contributed by atoms with Gasteiger partial charge in [-0.15, -0.1) is 0 Å². The maximum Gasteiger partial charge on any atom is 0.254 e. The van der Waals surface area contributed by atoms with Crippen molar-refractivity contribution >= 4 is 17.5 Å². The Balaban J connectivity index is 2.02. The molecule has 24 heavy (non-hydrogen) atoms. The molecule has 2 amide bonds. The molecule has 0 bridgehead atoms. The summed E-state index contributed by atoms with van der Waals surface area (Å²) in [5, 5.41) is 2.72. The van der Waals surface area contributed by atoms with Crippen LogP contribution in [0.1, 0.15) is 17.3 Å². The van der Waals surface area contributed by atoms with E-state index in [1.807, 2.05) is 0 Å². The number of methoxy groups -OCH3 is 1. The molecule has 0 aromatic heterocycles. The van der Waals surface area contributed by atoms with Crippen molar-refractivity contribution in [1.29, 1.82) is 0 Å². The zero-order valence-corrected chi connectivity index (χ0v) is 13.6. The minimum atomic E-state index is -0.412. The molecule has 2 aromatic rings. The smallest absolute Gasteiger partial charge is 0.254 e. The first kappa shape index (κ1) is 17.5. The number of hydrogen-bond acceptors (Lipinski definition) is 3. The van der Waals surface area contributed by atoms with Crippen LogP contribution < -0.4 is 10.1 Å². The highest BCUT2D eigenvalue weighted by atomic mass is 19.1. The summed E-state index contributed by atoms with van der Waals surface area (Å²) in [5.41, 5.74) is 0.928. The third-order valence-corrected chi connectivity index (χ3v) is 3.45. The number of hydrogen-bond donors (Lipinski definition) is 1. The lowest BCUT2D eigenvalue weighted by molar-refractivity contribution is -0.116. The molecule has 0 fully saturated rings. The van der Waals surface area contributed by atoms with Gasteiger partial charge >= 0.3 is 0 Å². The van der Waals surface area contributed by atoms with Crippen LogP contribution >= 0.6 is 0 Å². The molecule has 0 atom stereocenters. The lowest BCUT2D eigenvalue weighted by atomic mass is 10.2. The van der Waals surface area contributed by atoms with Gasteiger partial charge in [0.1, 0.15) is 18.1 Å². The van der Waals surface area contributed by atoms with Gasteiger partial charge in [-0.25, -0.2) is 4.39 Å². The van der Waals surface area contributed by atoms with Gasteiger partial charge in [-0.1, -0.05) is 6.07 Å². The molecule has 0 radical (unpaired) electrons. The quantitative estimate of drug-likeness (QED) is 0.886. The van der Waals surface area contributed by atoms with Gasteiger partial charge in [-0.2, -0.15) is 0 Å². The standard InChI is InChI=1S/C18H19FN2O3/c1-3-21(18(23)13-7-9-14(19)10-8-13)12-17(22)20-15-5-4-6-16(11-15)24-2/h4-11H,3,12H2,1-2H3,(H,20,22). The molecule has 1 N–H and O–H groups in total. The predicted molar refractivity (Wildman–Crippen MR) is 89.6 cm³/mol. The lowest BCUT2D eigenvalue weighted by Crippen LogP contribution is -2.37. The molecule has 0 aliphatic rings. The summed E-state index contributed by atoms with van der Waals surface area (Å²) in [6.45, 7) is 2.05. The maximum atomic E-state index is 12.9. The van der Waals surface area contributed by atoms with Crippen LogP contribution in [0, 0.1) is 5.82 Å². The summed E-state index contributed by atoms with van der Waals surface area (Å²) in [4.78, 5) is 25.9. The van der Waals surface area contributed by atoms with Crippen LogP contribution in [-0.2, 0) is 4.79 Å². The van der Waals surface area contributed by atoms with E-state index in [4.69, 9.17) is 4.74 Å². The second-order valence-electron chi connectivity index (χ2n) is 5.11. The van der Waals surface area contributed by atoms with Gasteiger partial charge < -0.3 is 15.0 Å². The lowest BCUT2D eigenvalue weighted by Gasteiger charge is -2.20. The minimum absolute atomic E-state index is 0.0933. The largest absolute Gasteiger partial charge is 0.497 e. The summed E-state index contributed by atoms with van der Waals surface area (Å²) >= 11 is 0. The number of anilines is 1. The van der Waals surface area contributed by atoms with Crippen molar-refractivity contribution in [3.05, 3.63) is 59.9 Å². The average Bonchev–Trinajstić information content (AvgIpc) is 2.60. The first-order valence-electron chi connectivity index (χ1n) is 7.52. The van der Waals surface area contributed by atoms with Gasteiger partial charge in [0.25, 0.3) is 5.91 Å². The fourth-order valence-electron chi connectivity index (χ4n) is 2.18. The molecule has 6 heteroatoms. The zero-order chi connectivity index (χ0) is 17.5. The van der Waals surface area contributed by atoms with E-state index < -0.39 is 5.82 Å². The number of rotatable bonds is 6. The molecule has 5 nitrogen and oxygen atoms in total. The van der Waals surface area contributed by atoms with Crippen molar-refractivity contribution in [2.24, 2.45) is 0 Å². The normalized spacial score (nSPS) is 10.1. The van der Waals surface area contributed by atoms with E-state index in [0.717, 1.165) is 0 Å². The number of benzene rings is 2. The van der Waals surface area contributed by atoms with E-state index in [0.29, 0.717) is 23.5 Å². The number of carbonyl (C=O) groups is 2. The van der Waals surface area contributed by atoms with Crippen LogP contribution in [0.3, 0.4) is 0 Å². The molecule has 126 valence electrons. The van der Waals surface area contributed by atoms with Gasteiger partial charge in [0.2, 0.25) is 5.91 Å². The Bertz CT molecular complexity index is 716. The van der Waals surface area contributed by atoms with E-state index in [1.165, 1.54) is 29.2 Å². The second-order valence-corrected chi connectivity index (χ2v) is 5.11. The Morgan fingerprint density at radius 1 is 1.17 bits per heavy atom. The van der Waals surface area contributed by atoms with Crippen LogP contribution in [0.5, 0.6) is 5.75 Å². The number of amides is 2. The van der Waals surface area contributed by atoms with Crippen LogP contribution in [-0.4, -0.2) is 36.9 Å². The number of likely N-dealkylation sites (N-methyl/N-ethyl adjacent to an activating group) is 1. The van der Waals surface area contributed by atoms with Crippen LogP contribution in [0.2, 0.25) is 0 Å². The molecule has 0 heterocycles. The van der Waals surface area contributed by atoms with Crippen LogP contribution in [0.25, 0.3) is 0 Å². The molecular formula is C18H19FN2O3. The van der Waals surface area contributed by atoms with Crippen molar-refractivity contribution in [1.82, 2.24) is 4.90 Å². The molecule has 0 spiro atoms. The fourth-order valence-corrected chi connectivity index (χ4v) is 2.18. The third kappa shape index (κ3) is 4.55. The maximum absolute atomic E-state index is 12.9. The topological polar surface area (TPSA) is 58.6 Å². The number of nitrogens with one attached hydrogen (secondary N) is 1. The van der Waals surface area contributed by atoms with Gasteiger partial charge in [0, 0.05) is 23.9 Å². The summed E-state index contributed by atoms with van der Waals surface area (Å²) in [7, 11) is 1.54. The van der Waals surface area contributed by atoms with E-state index in [9.17, 15) is 14.0 Å². The number of carbonyl (C=O) groups excluding carboxylic acids is 2. The van der Waals surface area contributed by atoms with Gasteiger partial charge in [0.05, 0.1) is 7.11 Å². The summed E-state index contributed by atoms with van der Waals surface area (Å²) < 4.78 is 18.0. The first-order valence-corrected chi connectivity index (χ1v) is 7.52. The van der Waals surface area contributed by atoms with Gasteiger partial charge in [-0.05, 0) is 43.3 Å². The Labute approximate surface area is 140 Å². The van der Waals surface area contributed by atoms with Crippen molar-refractivity contribution in [2.45, 2.75) is 6.92 Å². The summed E-state index contributed by atoms with van der Waals surface area (Å²) in [6, 6.07) is 12.2. The first-order chi connectivity index (χ1) is 11.5. The van der Waals surface area contributed by atoms with Crippen molar-refractivity contribution in [3.63, 3.8) is 0 Å². The van der Waals surface area contributed by atoms with Crippen LogP contribution in [0.15, 0.2) is 48.5 Å².